The number of carbonyl (C=O) groups is 1. The summed E-state index contributed by atoms with van der Waals surface area (Å²) in [5, 5.41) is 3.51. The number of aliphatic imine (C=N–C) groups is 1. The van der Waals surface area contributed by atoms with Crippen molar-refractivity contribution in [3.05, 3.63) is 0 Å². The van der Waals surface area contributed by atoms with E-state index in [1.807, 2.05) is 7.05 Å². The van der Waals surface area contributed by atoms with E-state index < -0.39 is 0 Å². The fourth-order valence-corrected chi connectivity index (χ4v) is 4.85. The van der Waals surface area contributed by atoms with Crippen molar-refractivity contribution in [2.45, 2.75) is 44.9 Å². The number of nitrogens with one attached hydrogen (secondary N) is 1. The predicted octanol–water partition coefficient (Wildman–Crippen LogP) is 1.64. The highest BCUT2D eigenvalue weighted by molar-refractivity contribution is 5.79. The highest BCUT2D eigenvalue weighted by atomic mass is 16.5. The van der Waals surface area contributed by atoms with E-state index in [0.29, 0.717) is 11.8 Å². The average molecular weight is 408 g/mol. The Morgan fingerprint density at radius 1 is 1.10 bits per heavy atom. The number of hydrogen-bond acceptors (Lipinski definition) is 4. The topological polar surface area (TPSA) is 60.4 Å². The average Bonchev–Trinajstić information content (AvgIpc) is 3.31. The van der Waals surface area contributed by atoms with Crippen LogP contribution in [-0.4, -0.2) is 99.7 Å². The first-order valence-corrected chi connectivity index (χ1v) is 11.7. The number of piperazine rings is 1. The molecule has 0 radical (unpaired) electrons. The summed E-state index contributed by atoms with van der Waals surface area (Å²) in [7, 11) is 3.99. The van der Waals surface area contributed by atoms with Crippen LogP contribution in [0.25, 0.3) is 0 Å². The van der Waals surface area contributed by atoms with Gasteiger partial charge in [-0.15, -0.1) is 0 Å². The number of guanidine groups is 1. The van der Waals surface area contributed by atoms with E-state index in [0.717, 1.165) is 83.7 Å². The second-order valence-electron chi connectivity index (χ2n) is 8.89. The van der Waals surface area contributed by atoms with Crippen molar-refractivity contribution < 1.29 is 9.53 Å². The number of amides is 1. The van der Waals surface area contributed by atoms with E-state index in [4.69, 9.17) is 4.74 Å². The Morgan fingerprint density at radius 2 is 1.79 bits per heavy atom. The quantitative estimate of drug-likeness (QED) is 0.514. The summed E-state index contributed by atoms with van der Waals surface area (Å²) in [4.78, 5) is 23.8. The minimum atomic E-state index is 0.309. The Bertz CT molecular complexity index is 521. The molecule has 3 rings (SSSR count). The van der Waals surface area contributed by atoms with Crippen molar-refractivity contribution in [2.24, 2.45) is 16.8 Å². The van der Waals surface area contributed by atoms with E-state index in [9.17, 15) is 4.79 Å². The molecule has 3 fully saturated rings. The van der Waals surface area contributed by atoms with Gasteiger partial charge in [-0.25, -0.2) is 0 Å². The van der Waals surface area contributed by atoms with Crippen LogP contribution in [-0.2, 0) is 9.53 Å². The maximum absolute atomic E-state index is 12.6. The van der Waals surface area contributed by atoms with Gasteiger partial charge in [-0.3, -0.25) is 14.7 Å². The Labute approximate surface area is 176 Å². The van der Waals surface area contributed by atoms with Crippen molar-refractivity contribution in [3.63, 3.8) is 0 Å². The van der Waals surface area contributed by atoms with Gasteiger partial charge in [0.2, 0.25) is 5.91 Å². The molecule has 3 aliphatic rings. The molecule has 2 aliphatic heterocycles. The molecule has 0 unspecified atom stereocenters. The van der Waals surface area contributed by atoms with Crippen LogP contribution in [0.4, 0.5) is 0 Å². The van der Waals surface area contributed by atoms with Crippen molar-refractivity contribution in [1.82, 2.24) is 20.0 Å². The largest absolute Gasteiger partial charge is 0.381 e. The van der Waals surface area contributed by atoms with Crippen LogP contribution >= 0.6 is 0 Å². The number of hydrogen-bond donors (Lipinski definition) is 1. The van der Waals surface area contributed by atoms with Gasteiger partial charge in [0.1, 0.15) is 0 Å². The van der Waals surface area contributed by atoms with Gasteiger partial charge in [0.25, 0.3) is 0 Å². The maximum atomic E-state index is 12.6. The molecular weight excluding hydrogens is 366 g/mol. The monoisotopic (exact) mass is 407 g/mol. The molecule has 0 aromatic heterocycles. The number of ether oxygens (including phenoxy) is 1. The van der Waals surface area contributed by atoms with Gasteiger partial charge in [0.15, 0.2) is 5.96 Å². The maximum Gasteiger partial charge on any atom is 0.225 e. The summed E-state index contributed by atoms with van der Waals surface area (Å²) in [6, 6.07) is 0. The van der Waals surface area contributed by atoms with Crippen molar-refractivity contribution in [3.8, 4) is 0 Å². The molecule has 0 aromatic carbocycles. The van der Waals surface area contributed by atoms with E-state index in [-0.39, 0.29) is 0 Å². The third-order valence-corrected chi connectivity index (χ3v) is 6.89. The fraction of sp³-hybridized carbons (Fsp3) is 0.909. The zero-order valence-corrected chi connectivity index (χ0v) is 18.6. The van der Waals surface area contributed by atoms with Crippen LogP contribution < -0.4 is 5.32 Å². The normalized spacial score (nSPS) is 22.8. The van der Waals surface area contributed by atoms with Gasteiger partial charge >= 0.3 is 0 Å². The van der Waals surface area contributed by atoms with Gasteiger partial charge in [-0.05, 0) is 38.0 Å². The molecule has 0 aromatic rings. The summed E-state index contributed by atoms with van der Waals surface area (Å²) >= 11 is 0. The lowest BCUT2D eigenvalue weighted by Gasteiger charge is -2.36. The zero-order valence-electron chi connectivity index (χ0n) is 18.6. The van der Waals surface area contributed by atoms with Crippen molar-refractivity contribution in [1.29, 1.82) is 0 Å². The second-order valence-corrected chi connectivity index (χ2v) is 8.89. The lowest BCUT2D eigenvalue weighted by Crippen LogP contribution is -2.52. The van der Waals surface area contributed by atoms with Gasteiger partial charge in [-0.1, -0.05) is 12.8 Å². The molecule has 7 heteroatoms. The zero-order chi connectivity index (χ0) is 20.5. The molecule has 7 nitrogen and oxygen atoms in total. The van der Waals surface area contributed by atoms with Gasteiger partial charge in [-0.2, -0.15) is 0 Å². The number of carbonyl (C=O) groups excluding carboxylic acids is 1. The SMILES string of the molecule is CN=C(NCCN1CCN(C(=O)C2CCCC2)CC1)N(C)CCC1CCOCC1. The molecule has 166 valence electrons. The van der Waals surface area contributed by atoms with Crippen molar-refractivity contribution >= 4 is 11.9 Å². The first kappa shape index (κ1) is 22.3. The third-order valence-electron chi connectivity index (χ3n) is 6.89. The van der Waals surface area contributed by atoms with Crippen LogP contribution in [0.15, 0.2) is 4.99 Å². The molecule has 2 heterocycles. The van der Waals surface area contributed by atoms with Crippen LogP contribution in [0, 0.1) is 11.8 Å². The molecule has 0 atom stereocenters. The molecule has 0 spiro atoms. The lowest BCUT2D eigenvalue weighted by molar-refractivity contribution is -0.137. The van der Waals surface area contributed by atoms with Crippen LogP contribution in [0.5, 0.6) is 0 Å². The third kappa shape index (κ3) is 6.85. The Kier molecular flexibility index (Phi) is 9.05. The molecule has 1 N–H and O–H groups in total. The van der Waals surface area contributed by atoms with Gasteiger partial charge in [0, 0.05) is 79.0 Å². The standard InChI is InChI=1S/C22H41N5O2/c1-23-22(25(2)11-7-19-8-17-29-18-9-19)24-10-12-26-13-15-27(16-14-26)21(28)20-5-3-4-6-20/h19-20H,3-18H2,1-2H3,(H,23,24). The number of nitrogens with zero attached hydrogens (tertiary/aromatic N) is 4. The van der Waals surface area contributed by atoms with Crippen molar-refractivity contribution in [2.75, 3.05) is 73.1 Å². The Morgan fingerprint density at radius 3 is 2.45 bits per heavy atom. The summed E-state index contributed by atoms with van der Waals surface area (Å²) in [6.45, 7) is 8.50. The van der Waals surface area contributed by atoms with Crippen LogP contribution in [0.2, 0.25) is 0 Å². The molecule has 1 amide bonds. The molecule has 1 saturated carbocycles. The highest BCUT2D eigenvalue weighted by Crippen LogP contribution is 2.26. The summed E-state index contributed by atoms with van der Waals surface area (Å²) in [5.74, 6) is 2.48. The summed E-state index contributed by atoms with van der Waals surface area (Å²) in [5.41, 5.74) is 0. The molecule has 0 bridgehead atoms. The molecule has 1 aliphatic carbocycles. The van der Waals surface area contributed by atoms with E-state index >= 15 is 0 Å². The van der Waals surface area contributed by atoms with Crippen LogP contribution in [0.3, 0.4) is 0 Å². The first-order chi connectivity index (χ1) is 14.2. The minimum Gasteiger partial charge on any atom is -0.381 e. The summed E-state index contributed by atoms with van der Waals surface area (Å²) in [6.07, 6.45) is 8.25. The van der Waals surface area contributed by atoms with Gasteiger partial charge in [0.05, 0.1) is 0 Å². The Hall–Kier alpha value is -1.34. The second kappa shape index (κ2) is 11.7. The lowest BCUT2D eigenvalue weighted by atomic mass is 9.96. The predicted molar refractivity (Wildman–Crippen MR) is 117 cm³/mol. The first-order valence-electron chi connectivity index (χ1n) is 11.7. The van der Waals surface area contributed by atoms with Gasteiger partial charge < -0.3 is 19.9 Å². The highest BCUT2D eigenvalue weighted by Gasteiger charge is 2.29. The van der Waals surface area contributed by atoms with E-state index in [2.05, 4.69) is 32.1 Å². The van der Waals surface area contributed by atoms with E-state index in [1.54, 1.807) is 0 Å². The molecule has 2 saturated heterocycles. The van der Waals surface area contributed by atoms with E-state index in [1.165, 1.54) is 32.1 Å². The minimum absolute atomic E-state index is 0.309. The smallest absolute Gasteiger partial charge is 0.225 e. The molecular formula is C22H41N5O2. The fourth-order valence-electron chi connectivity index (χ4n) is 4.85. The van der Waals surface area contributed by atoms with Crippen LogP contribution in [0.1, 0.15) is 44.9 Å². The molecule has 29 heavy (non-hydrogen) atoms. The number of rotatable bonds is 7. The Balaban J connectivity index is 1.30. The summed E-state index contributed by atoms with van der Waals surface area (Å²) < 4.78 is 5.46.